The first kappa shape index (κ1) is 19.1. The van der Waals surface area contributed by atoms with Gasteiger partial charge in [-0.05, 0) is 24.0 Å². The molecule has 5 nitrogen and oxygen atoms in total. The minimum absolute atomic E-state index is 0.247. The van der Waals surface area contributed by atoms with E-state index in [1.165, 1.54) is 14.2 Å². The van der Waals surface area contributed by atoms with Crippen LogP contribution in [0.2, 0.25) is 0 Å². The van der Waals surface area contributed by atoms with Crippen molar-refractivity contribution in [3.05, 3.63) is 71.8 Å². The number of aryl methyl sites for hydroxylation is 1. The number of rotatable bonds is 9. The molecule has 2 aromatic carbocycles. The van der Waals surface area contributed by atoms with Crippen molar-refractivity contribution in [2.24, 2.45) is 0 Å². The van der Waals surface area contributed by atoms with Crippen molar-refractivity contribution in [2.75, 3.05) is 14.2 Å². The van der Waals surface area contributed by atoms with Gasteiger partial charge in [-0.1, -0.05) is 60.7 Å². The van der Waals surface area contributed by atoms with Crippen LogP contribution in [0, 0.1) is 0 Å². The molecule has 0 bridgehead atoms. The third-order valence-electron chi connectivity index (χ3n) is 4.02. The molecule has 5 heteroatoms. The molecule has 1 amide bonds. The highest BCUT2D eigenvalue weighted by atomic mass is 16.7. The first-order valence-electron chi connectivity index (χ1n) is 8.31. The summed E-state index contributed by atoms with van der Waals surface area (Å²) < 4.78 is 5.74. The van der Waals surface area contributed by atoms with E-state index >= 15 is 0 Å². The summed E-state index contributed by atoms with van der Waals surface area (Å²) in [7, 11) is 2.91. The Hall–Kier alpha value is -2.21. The Balaban J connectivity index is 2.00. The molecular formula is C20H25NO4. The second kappa shape index (κ2) is 9.93. The molecule has 0 saturated carbocycles. The highest BCUT2D eigenvalue weighted by molar-refractivity contribution is 5.80. The number of likely N-dealkylation sites (N-methyl/N-ethyl adjacent to an activating group) is 1. The SMILES string of the molecule is CON(C)C(=O)[C@@H](OCc1ccccc1)[C@H](O)CCc1ccccc1. The van der Waals surface area contributed by atoms with E-state index in [2.05, 4.69) is 0 Å². The molecule has 2 atom stereocenters. The van der Waals surface area contributed by atoms with Gasteiger partial charge in [0.25, 0.3) is 5.91 Å². The largest absolute Gasteiger partial charge is 0.390 e. The summed E-state index contributed by atoms with van der Waals surface area (Å²) in [5.74, 6) is -0.404. The van der Waals surface area contributed by atoms with Crippen molar-refractivity contribution in [1.82, 2.24) is 5.06 Å². The van der Waals surface area contributed by atoms with Crippen LogP contribution in [0.5, 0.6) is 0 Å². The summed E-state index contributed by atoms with van der Waals surface area (Å²) in [6.07, 6.45) is -0.813. The van der Waals surface area contributed by atoms with Crippen molar-refractivity contribution in [1.29, 1.82) is 0 Å². The average Bonchev–Trinajstić information content (AvgIpc) is 2.67. The maximum atomic E-state index is 12.5. The minimum atomic E-state index is -0.978. The molecule has 0 aromatic heterocycles. The van der Waals surface area contributed by atoms with Crippen LogP contribution in [0.15, 0.2) is 60.7 Å². The summed E-state index contributed by atoms with van der Waals surface area (Å²) in [4.78, 5) is 17.4. The fourth-order valence-corrected chi connectivity index (χ4v) is 2.49. The lowest BCUT2D eigenvalue weighted by Gasteiger charge is -2.26. The Labute approximate surface area is 148 Å². The maximum absolute atomic E-state index is 12.5. The third-order valence-corrected chi connectivity index (χ3v) is 4.02. The lowest BCUT2D eigenvalue weighted by atomic mass is 10.0. The number of benzene rings is 2. The molecular weight excluding hydrogens is 318 g/mol. The van der Waals surface area contributed by atoms with Gasteiger partial charge >= 0.3 is 0 Å². The molecule has 0 heterocycles. The Morgan fingerprint density at radius 1 is 1.04 bits per heavy atom. The van der Waals surface area contributed by atoms with Gasteiger partial charge in [0.1, 0.15) is 0 Å². The number of hydrogen-bond acceptors (Lipinski definition) is 4. The van der Waals surface area contributed by atoms with E-state index in [-0.39, 0.29) is 6.61 Å². The highest BCUT2D eigenvalue weighted by Crippen LogP contribution is 2.14. The zero-order chi connectivity index (χ0) is 18.1. The molecule has 134 valence electrons. The Bertz CT molecular complexity index is 633. The molecule has 25 heavy (non-hydrogen) atoms. The van der Waals surface area contributed by atoms with Crippen LogP contribution in [-0.2, 0) is 27.4 Å². The van der Waals surface area contributed by atoms with Crippen LogP contribution in [0.3, 0.4) is 0 Å². The molecule has 0 aliphatic carbocycles. The molecule has 1 N–H and O–H groups in total. The molecule has 2 rings (SSSR count). The fourth-order valence-electron chi connectivity index (χ4n) is 2.49. The number of hydrogen-bond donors (Lipinski definition) is 1. The van der Waals surface area contributed by atoms with E-state index < -0.39 is 18.1 Å². The lowest BCUT2D eigenvalue weighted by Crippen LogP contribution is -2.44. The molecule has 2 aromatic rings. The van der Waals surface area contributed by atoms with Crippen molar-refractivity contribution in [3.8, 4) is 0 Å². The van der Waals surface area contributed by atoms with Gasteiger partial charge in [-0.3, -0.25) is 9.63 Å². The normalized spacial score (nSPS) is 13.2. The molecule has 0 aliphatic rings. The highest BCUT2D eigenvalue weighted by Gasteiger charge is 2.30. The minimum Gasteiger partial charge on any atom is -0.390 e. The first-order chi connectivity index (χ1) is 12.1. The van der Waals surface area contributed by atoms with Crippen LogP contribution in [-0.4, -0.2) is 42.4 Å². The van der Waals surface area contributed by atoms with Crippen LogP contribution in [0.25, 0.3) is 0 Å². The molecule has 0 fully saturated rings. The average molecular weight is 343 g/mol. The zero-order valence-corrected chi connectivity index (χ0v) is 14.7. The molecule has 0 spiro atoms. The van der Waals surface area contributed by atoms with E-state index in [0.717, 1.165) is 16.2 Å². The zero-order valence-electron chi connectivity index (χ0n) is 14.7. The van der Waals surface area contributed by atoms with Gasteiger partial charge in [0.05, 0.1) is 19.8 Å². The number of carbonyl (C=O) groups is 1. The number of amides is 1. The topological polar surface area (TPSA) is 59.0 Å². The molecule has 0 unspecified atom stereocenters. The monoisotopic (exact) mass is 343 g/mol. The van der Waals surface area contributed by atoms with Crippen molar-refractivity contribution in [2.45, 2.75) is 31.7 Å². The number of hydroxylamine groups is 2. The summed E-state index contributed by atoms with van der Waals surface area (Å²) in [5.41, 5.74) is 2.05. The number of carbonyl (C=O) groups excluding carboxylic acids is 1. The van der Waals surface area contributed by atoms with E-state index in [1.807, 2.05) is 60.7 Å². The number of nitrogens with zero attached hydrogens (tertiary/aromatic N) is 1. The summed E-state index contributed by atoms with van der Waals surface area (Å²) in [6, 6.07) is 19.4. The van der Waals surface area contributed by atoms with E-state index in [0.29, 0.717) is 12.8 Å². The number of aliphatic hydroxyl groups excluding tert-OH is 1. The Morgan fingerprint density at radius 2 is 1.60 bits per heavy atom. The van der Waals surface area contributed by atoms with Gasteiger partial charge in [-0.2, -0.15) is 0 Å². The van der Waals surface area contributed by atoms with Crippen molar-refractivity contribution < 1.29 is 19.5 Å². The molecule has 0 saturated heterocycles. The van der Waals surface area contributed by atoms with Gasteiger partial charge < -0.3 is 9.84 Å². The lowest BCUT2D eigenvalue weighted by molar-refractivity contribution is -0.188. The van der Waals surface area contributed by atoms with Gasteiger partial charge in [0.15, 0.2) is 6.10 Å². The van der Waals surface area contributed by atoms with Gasteiger partial charge in [0.2, 0.25) is 0 Å². The van der Waals surface area contributed by atoms with E-state index in [9.17, 15) is 9.90 Å². The van der Waals surface area contributed by atoms with E-state index in [1.54, 1.807) is 0 Å². The number of ether oxygens (including phenoxy) is 1. The molecule has 0 radical (unpaired) electrons. The fraction of sp³-hybridized carbons (Fsp3) is 0.350. The van der Waals surface area contributed by atoms with Crippen molar-refractivity contribution in [3.63, 3.8) is 0 Å². The second-order valence-electron chi connectivity index (χ2n) is 5.83. The smallest absolute Gasteiger partial charge is 0.277 e. The van der Waals surface area contributed by atoms with E-state index in [4.69, 9.17) is 9.57 Å². The predicted molar refractivity (Wildman–Crippen MR) is 95.6 cm³/mol. The van der Waals surface area contributed by atoms with Crippen LogP contribution >= 0.6 is 0 Å². The first-order valence-corrected chi connectivity index (χ1v) is 8.31. The summed E-state index contributed by atoms with van der Waals surface area (Å²) in [6.45, 7) is 0.247. The van der Waals surface area contributed by atoms with Gasteiger partial charge in [-0.25, -0.2) is 5.06 Å². The van der Waals surface area contributed by atoms with Crippen LogP contribution in [0.4, 0.5) is 0 Å². The Morgan fingerprint density at radius 3 is 2.16 bits per heavy atom. The predicted octanol–water partition coefficient (Wildman–Crippen LogP) is 2.59. The van der Waals surface area contributed by atoms with Gasteiger partial charge in [0, 0.05) is 7.05 Å². The quantitative estimate of drug-likeness (QED) is 0.711. The summed E-state index contributed by atoms with van der Waals surface area (Å²) >= 11 is 0. The van der Waals surface area contributed by atoms with Crippen LogP contribution in [0.1, 0.15) is 17.5 Å². The second-order valence-corrected chi connectivity index (χ2v) is 5.83. The number of aliphatic hydroxyl groups is 1. The van der Waals surface area contributed by atoms with Crippen molar-refractivity contribution >= 4 is 5.91 Å². The summed E-state index contributed by atoms with van der Waals surface area (Å²) in [5, 5.41) is 11.6. The van der Waals surface area contributed by atoms with Crippen LogP contribution < -0.4 is 0 Å². The Kier molecular flexibility index (Phi) is 7.60. The third kappa shape index (κ3) is 5.98. The maximum Gasteiger partial charge on any atom is 0.277 e. The standard InChI is InChI=1S/C20H25NO4/c1-21(24-2)20(23)19(25-15-17-11-7-4-8-12-17)18(22)14-13-16-9-5-3-6-10-16/h3-12,18-19,22H,13-15H2,1-2H3/t18-,19+/m1/s1. The van der Waals surface area contributed by atoms with Gasteiger partial charge in [-0.15, -0.1) is 0 Å². The molecule has 0 aliphatic heterocycles.